The first-order valence-corrected chi connectivity index (χ1v) is 8.99. The Hall–Kier alpha value is -0.690. The predicted octanol–water partition coefficient (Wildman–Crippen LogP) is 4.25. The second-order valence-electron chi connectivity index (χ2n) is 4.35. The second kappa shape index (κ2) is 6.39. The van der Waals surface area contributed by atoms with Gasteiger partial charge in [-0.3, -0.25) is 0 Å². The molecule has 1 N–H and O–H groups in total. The molecule has 0 aromatic heterocycles. The van der Waals surface area contributed by atoms with E-state index < -0.39 is 10.0 Å². The van der Waals surface area contributed by atoms with Crippen molar-refractivity contribution in [1.29, 1.82) is 0 Å². The molecule has 2 aromatic rings. The Bertz CT molecular complexity index is 699. The molecule has 1 unspecified atom stereocenters. The summed E-state index contributed by atoms with van der Waals surface area (Å²) in [5, 5.41) is 0. The summed E-state index contributed by atoms with van der Waals surface area (Å²) in [6, 6.07) is 13.8. The van der Waals surface area contributed by atoms with E-state index in [1.54, 1.807) is 24.3 Å². The van der Waals surface area contributed by atoms with Crippen LogP contribution in [0.1, 0.15) is 18.5 Å². The highest BCUT2D eigenvalue weighted by Crippen LogP contribution is 2.21. The molecule has 2 aromatic carbocycles. The zero-order valence-electron chi connectivity index (χ0n) is 10.7. The number of nitrogens with one attached hydrogen (secondary N) is 1. The molecule has 0 amide bonds. The van der Waals surface area contributed by atoms with Gasteiger partial charge in [0.25, 0.3) is 0 Å². The molecular weight excluding hydrogens is 406 g/mol. The Labute approximate surface area is 135 Å². The highest BCUT2D eigenvalue weighted by Gasteiger charge is 2.18. The number of hydrogen-bond acceptors (Lipinski definition) is 2. The lowest BCUT2D eigenvalue weighted by Crippen LogP contribution is -2.26. The summed E-state index contributed by atoms with van der Waals surface area (Å²) in [6.45, 7) is 1.82. The summed E-state index contributed by atoms with van der Waals surface area (Å²) in [5.74, 6) is 0. The van der Waals surface area contributed by atoms with Gasteiger partial charge in [0.05, 0.1) is 4.90 Å². The first kappa shape index (κ1) is 15.7. The van der Waals surface area contributed by atoms with Crippen LogP contribution in [0.25, 0.3) is 0 Å². The minimum atomic E-state index is -3.52. The van der Waals surface area contributed by atoms with E-state index in [4.69, 9.17) is 0 Å². The molecule has 0 fully saturated rings. The molecule has 0 radical (unpaired) electrons. The van der Waals surface area contributed by atoms with Crippen LogP contribution < -0.4 is 4.72 Å². The van der Waals surface area contributed by atoms with Crippen molar-refractivity contribution < 1.29 is 8.42 Å². The third-order valence-corrected chi connectivity index (χ3v) is 5.38. The molecule has 1 atom stereocenters. The Morgan fingerprint density at radius 3 is 2.25 bits per heavy atom. The molecule has 20 heavy (non-hydrogen) atoms. The monoisotopic (exact) mass is 417 g/mol. The van der Waals surface area contributed by atoms with Gasteiger partial charge < -0.3 is 0 Å². The minimum absolute atomic E-state index is 0.252. The van der Waals surface area contributed by atoms with Gasteiger partial charge in [-0.15, -0.1) is 0 Å². The van der Waals surface area contributed by atoms with Crippen LogP contribution in [-0.4, -0.2) is 8.42 Å². The zero-order chi connectivity index (χ0) is 14.8. The largest absolute Gasteiger partial charge is 0.241 e. The fourth-order valence-corrected chi connectivity index (χ4v) is 3.67. The smallest absolute Gasteiger partial charge is 0.207 e. The van der Waals surface area contributed by atoms with E-state index in [9.17, 15) is 8.42 Å². The predicted molar refractivity (Wildman–Crippen MR) is 87.0 cm³/mol. The molecule has 3 nitrogen and oxygen atoms in total. The van der Waals surface area contributed by atoms with Gasteiger partial charge in [-0.25, -0.2) is 13.1 Å². The highest BCUT2D eigenvalue weighted by molar-refractivity contribution is 9.10. The van der Waals surface area contributed by atoms with Gasteiger partial charge in [-0.05, 0) is 48.9 Å². The molecule has 0 aliphatic heterocycles. The van der Waals surface area contributed by atoms with Gasteiger partial charge in [0.2, 0.25) is 10.0 Å². The van der Waals surface area contributed by atoms with Crippen molar-refractivity contribution in [2.24, 2.45) is 0 Å². The summed E-state index contributed by atoms with van der Waals surface area (Å²) < 4.78 is 29.0. The molecule has 2 rings (SSSR count). The normalized spacial score (nSPS) is 13.2. The van der Waals surface area contributed by atoms with E-state index in [0.717, 1.165) is 14.5 Å². The van der Waals surface area contributed by atoms with Crippen molar-refractivity contribution in [2.45, 2.75) is 17.9 Å². The van der Waals surface area contributed by atoms with Crippen LogP contribution in [0.15, 0.2) is 62.4 Å². The number of rotatable bonds is 4. The number of benzene rings is 2. The Balaban J connectivity index is 2.22. The maximum Gasteiger partial charge on any atom is 0.241 e. The average molecular weight is 419 g/mol. The number of hydrogen-bond donors (Lipinski definition) is 1. The van der Waals surface area contributed by atoms with Gasteiger partial charge in [0.1, 0.15) is 0 Å². The van der Waals surface area contributed by atoms with Crippen molar-refractivity contribution in [3.63, 3.8) is 0 Å². The topological polar surface area (TPSA) is 46.2 Å². The molecular formula is C14H13Br2NO2S. The molecule has 0 heterocycles. The Morgan fingerprint density at radius 1 is 1.00 bits per heavy atom. The number of halogens is 2. The molecule has 106 valence electrons. The third-order valence-electron chi connectivity index (χ3n) is 2.80. The van der Waals surface area contributed by atoms with E-state index in [-0.39, 0.29) is 10.9 Å². The van der Waals surface area contributed by atoms with Crippen molar-refractivity contribution in [1.82, 2.24) is 4.72 Å². The SMILES string of the molecule is CC(NS(=O)(=O)c1ccc(Br)cc1)c1cccc(Br)c1. The summed E-state index contributed by atoms with van der Waals surface area (Å²) in [7, 11) is -3.52. The molecule has 6 heteroatoms. The van der Waals surface area contributed by atoms with Gasteiger partial charge in [-0.1, -0.05) is 44.0 Å². The van der Waals surface area contributed by atoms with Crippen LogP contribution in [0.5, 0.6) is 0 Å². The summed E-state index contributed by atoms with van der Waals surface area (Å²) in [6.07, 6.45) is 0. The summed E-state index contributed by atoms with van der Waals surface area (Å²) in [5.41, 5.74) is 0.903. The fourth-order valence-electron chi connectivity index (χ4n) is 1.76. The van der Waals surface area contributed by atoms with Gasteiger partial charge in [0, 0.05) is 15.0 Å². The Morgan fingerprint density at radius 2 is 1.65 bits per heavy atom. The van der Waals surface area contributed by atoms with Crippen LogP contribution in [0, 0.1) is 0 Å². The average Bonchev–Trinajstić information content (AvgIpc) is 2.38. The van der Waals surface area contributed by atoms with E-state index in [2.05, 4.69) is 36.6 Å². The van der Waals surface area contributed by atoms with Gasteiger partial charge >= 0.3 is 0 Å². The standard InChI is InChI=1S/C14H13Br2NO2S/c1-10(11-3-2-4-13(16)9-11)17-20(18,19)14-7-5-12(15)6-8-14/h2-10,17H,1H3. The van der Waals surface area contributed by atoms with Crippen LogP contribution in [-0.2, 0) is 10.0 Å². The maximum atomic E-state index is 12.3. The first-order valence-electron chi connectivity index (χ1n) is 5.92. The van der Waals surface area contributed by atoms with Gasteiger partial charge in [0.15, 0.2) is 0 Å². The van der Waals surface area contributed by atoms with Gasteiger partial charge in [-0.2, -0.15) is 0 Å². The highest BCUT2D eigenvalue weighted by atomic mass is 79.9. The van der Waals surface area contributed by atoms with Crippen LogP contribution in [0.3, 0.4) is 0 Å². The summed E-state index contributed by atoms with van der Waals surface area (Å²) in [4.78, 5) is 0.252. The molecule has 0 spiro atoms. The third kappa shape index (κ3) is 3.91. The van der Waals surface area contributed by atoms with Crippen molar-refractivity contribution in [3.05, 3.63) is 63.0 Å². The molecule has 0 bridgehead atoms. The van der Waals surface area contributed by atoms with Crippen molar-refractivity contribution in [3.8, 4) is 0 Å². The van der Waals surface area contributed by atoms with E-state index in [1.807, 2.05) is 31.2 Å². The molecule has 0 saturated heterocycles. The lowest BCUT2D eigenvalue weighted by Gasteiger charge is -2.15. The summed E-state index contributed by atoms with van der Waals surface area (Å²) >= 11 is 6.67. The number of sulfonamides is 1. The van der Waals surface area contributed by atoms with Crippen LogP contribution in [0.4, 0.5) is 0 Å². The fraction of sp³-hybridized carbons (Fsp3) is 0.143. The Kier molecular flexibility index (Phi) is 5.01. The van der Waals surface area contributed by atoms with Crippen molar-refractivity contribution >= 4 is 41.9 Å². The van der Waals surface area contributed by atoms with Crippen LogP contribution in [0.2, 0.25) is 0 Å². The quantitative estimate of drug-likeness (QED) is 0.806. The minimum Gasteiger partial charge on any atom is -0.207 e. The van der Waals surface area contributed by atoms with E-state index in [0.29, 0.717) is 0 Å². The second-order valence-corrected chi connectivity index (χ2v) is 7.90. The van der Waals surface area contributed by atoms with E-state index >= 15 is 0 Å². The van der Waals surface area contributed by atoms with E-state index in [1.165, 1.54) is 0 Å². The van der Waals surface area contributed by atoms with Crippen molar-refractivity contribution in [2.75, 3.05) is 0 Å². The molecule has 0 aliphatic carbocycles. The lowest BCUT2D eigenvalue weighted by molar-refractivity contribution is 0.567. The lowest BCUT2D eigenvalue weighted by atomic mass is 10.1. The first-order chi connectivity index (χ1) is 9.38. The molecule has 0 aliphatic rings. The molecule has 0 saturated carbocycles. The van der Waals surface area contributed by atoms with Crippen LogP contribution >= 0.6 is 31.9 Å². The zero-order valence-corrected chi connectivity index (χ0v) is 14.7. The maximum absolute atomic E-state index is 12.3.